The highest BCUT2D eigenvalue weighted by Gasteiger charge is 2.12. The van der Waals surface area contributed by atoms with Crippen molar-refractivity contribution in [3.05, 3.63) is 53.6 Å². The van der Waals surface area contributed by atoms with Gasteiger partial charge in [0.25, 0.3) is 0 Å². The molecule has 0 fully saturated rings. The molecule has 0 spiro atoms. The van der Waals surface area contributed by atoms with Gasteiger partial charge in [0.1, 0.15) is 0 Å². The number of nitrogens with zero attached hydrogens (tertiary/aromatic N) is 2. The van der Waals surface area contributed by atoms with E-state index in [1.165, 1.54) is 17.3 Å². The number of thioether (sulfide) groups is 1. The minimum absolute atomic E-state index is 0.0107. The van der Waals surface area contributed by atoms with Crippen LogP contribution in [0.3, 0.4) is 0 Å². The molecule has 1 N–H and O–H groups in total. The number of hydrogen-bond donors (Lipinski definition) is 1. The number of para-hydroxylation sites is 2. The number of hydrogen-bond acceptors (Lipinski definition) is 3. The highest BCUT2D eigenvalue weighted by molar-refractivity contribution is 7.99. The molecule has 2 aromatic carbocycles. The Morgan fingerprint density at radius 1 is 1.17 bits per heavy atom. The first-order valence-electron chi connectivity index (χ1n) is 8.04. The molecule has 0 aliphatic rings. The zero-order chi connectivity index (χ0) is 17.1. The molecule has 0 bridgehead atoms. The number of benzene rings is 2. The number of aryl methyl sites for hydroxylation is 2. The highest BCUT2D eigenvalue weighted by Crippen LogP contribution is 2.24. The number of nitrogens with one attached hydrogen (secondary N) is 1. The monoisotopic (exact) mass is 339 g/mol. The SMILES string of the molecule is CCn1c(SCC(=O)Nc2cccc(C)c2C)nc2ccccc21. The van der Waals surface area contributed by atoms with Crippen molar-refractivity contribution in [1.82, 2.24) is 9.55 Å². The lowest BCUT2D eigenvalue weighted by Gasteiger charge is -2.10. The standard InChI is InChI=1S/C19H21N3OS/c1-4-22-17-11-6-5-9-16(17)21-19(22)24-12-18(23)20-15-10-7-8-13(2)14(15)3/h5-11H,4,12H2,1-3H3,(H,20,23). The van der Waals surface area contributed by atoms with E-state index in [0.717, 1.165) is 34.0 Å². The summed E-state index contributed by atoms with van der Waals surface area (Å²) >= 11 is 1.47. The van der Waals surface area contributed by atoms with Gasteiger partial charge in [-0.05, 0) is 50.1 Å². The summed E-state index contributed by atoms with van der Waals surface area (Å²) in [6.45, 7) is 6.99. The maximum absolute atomic E-state index is 12.3. The zero-order valence-corrected chi connectivity index (χ0v) is 15.0. The molecule has 124 valence electrons. The Labute approximate surface area is 146 Å². The van der Waals surface area contributed by atoms with Crippen LogP contribution in [-0.4, -0.2) is 21.2 Å². The molecule has 0 atom stereocenters. The average molecular weight is 339 g/mol. The van der Waals surface area contributed by atoms with Crippen LogP contribution in [-0.2, 0) is 11.3 Å². The third kappa shape index (κ3) is 3.31. The third-order valence-electron chi connectivity index (χ3n) is 4.15. The Bertz CT molecular complexity index is 885. The Balaban J connectivity index is 1.71. The summed E-state index contributed by atoms with van der Waals surface area (Å²) in [4.78, 5) is 16.9. The number of carbonyl (C=O) groups excluding carboxylic acids is 1. The Morgan fingerprint density at radius 3 is 2.75 bits per heavy atom. The second-order valence-electron chi connectivity index (χ2n) is 5.71. The highest BCUT2D eigenvalue weighted by atomic mass is 32.2. The summed E-state index contributed by atoms with van der Waals surface area (Å²) in [6, 6.07) is 14.0. The van der Waals surface area contributed by atoms with Crippen LogP contribution >= 0.6 is 11.8 Å². The number of fused-ring (bicyclic) bond motifs is 1. The van der Waals surface area contributed by atoms with Gasteiger partial charge in [0, 0.05) is 12.2 Å². The molecule has 1 aromatic heterocycles. The molecule has 1 heterocycles. The van der Waals surface area contributed by atoms with Crippen molar-refractivity contribution >= 4 is 34.4 Å². The predicted molar refractivity (Wildman–Crippen MR) is 101 cm³/mol. The first-order valence-corrected chi connectivity index (χ1v) is 9.03. The second kappa shape index (κ2) is 7.09. The van der Waals surface area contributed by atoms with Crippen LogP contribution in [0.5, 0.6) is 0 Å². The van der Waals surface area contributed by atoms with E-state index in [0.29, 0.717) is 5.75 Å². The zero-order valence-electron chi connectivity index (χ0n) is 14.2. The molecule has 3 aromatic rings. The normalized spacial score (nSPS) is 11.0. The van der Waals surface area contributed by atoms with Crippen LogP contribution in [0.15, 0.2) is 47.6 Å². The fourth-order valence-corrected chi connectivity index (χ4v) is 3.55. The molecule has 0 unspecified atom stereocenters. The molecule has 1 amide bonds. The van der Waals surface area contributed by atoms with Gasteiger partial charge >= 0.3 is 0 Å². The van der Waals surface area contributed by atoms with E-state index >= 15 is 0 Å². The Morgan fingerprint density at radius 2 is 1.96 bits per heavy atom. The molecule has 4 nitrogen and oxygen atoms in total. The molecule has 5 heteroatoms. The molecule has 24 heavy (non-hydrogen) atoms. The van der Waals surface area contributed by atoms with Crippen molar-refractivity contribution in [2.45, 2.75) is 32.5 Å². The van der Waals surface area contributed by atoms with E-state index in [-0.39, 0.29) is 5.91 Å². The fraction of sp³-hybridized carbons (Fsp3) is 0.263. The number of imidazole rings is 1. The van der Waals surface area contributed by atoms with E-state index in [2.05, 4.69) is 27.9 Å². The number of carbonyl (C=O) groups is 1. The lowest BCUT2D eigenvalue weighted by atomic mass is 10.1. The molecule has 0 saturated carbocycles. The summed E-state index contributed by atoms with van der Waals surface area (Å²) in [5.74, 6) is 0.333. The van der Waals surface area contributed by atoms with Gasteiger partial charge in [0.15, 0.2) is 5.16 Å². The fourth-order valence-electron chi connectivity index (χ4n) is 2.67. The number of anilines is 1. The van der Waals surface area contributed by atoms with Crippen LogP contribution in [0.4, 0.5) is 5.69 Å². The summed E-state index contributed by atoms with van der Waals surface area (Å²) < 4.78 is 2.14. The van der Waals surface area contributed by atoms with Gasteiger partial charge in [-0.2, -0.15) is 0 Å². The van der Waals surface area contributed by atoms with Crippen LogP contribution in [0.1, 0.15) is 18.1 Å². The van der Waals surface area contributed by atoms with Crippen molar-refractivity contribution in [2.75, 3.05) is 11.1 Å². The lowest BCUT2D eigenvalue weighted by Crippen LogP contribution is -2.15. The summed E-state index contributed by atoms with van der Waals surface area (Å²) in [6.07, 6.45) is 0. The van der Waals surface area contributed by atoms with Gasteiger partial charge in [-0.3, -0.25) is 4.79 Å². The maximum atomic E-state index is 12.3. The van der Waals surface area contributed by atoms with Gasteiger partial charge in [0.2, 0.25) is 5.91 Å². The molecule has 3 rings (SSSR count). The maximum Gasteiger partial charge on any atom is 0.234 e. The van der Waals surface area contributed by atoms with Crippen LogP contribution in [0.25, 0.3) is 11.0 Å². The molecule has 0 aliphatic carbocycles. The minimum atomic E-state index is -0.0107. The van der Waals surface area contributed by atoms with Gasteiger partial charge in [-0.15, -0.1) is 0 Å². The first kappa shape index (κ1) is 16.6. The van der Waals surface area contributed by atoms with Crippen molar-refractivity contribution < 1.29 is 4.79 Å². The Hall–Kier alpha value is -2.27. The van der Waals surface area contributed by atoms with E-state index in [9.17, 15) is 4.79 Å². The van der Waals surface area contributed by atoms with E-state index in [1.54, 1.807) is 0 Å². The number of amides is 1. The van der Waals surface area contributed by atoms with Crippen molar-refractivity contribution in [3.8, 4) is 0 Å². The van der Waals surface area contributed by atoms with Crippen molar-refractivity contribution in [2.24, 2.45) is 0 Å². The van der Waals surface area contributed by atoms with Crippen LogP contribution < -0.4 is 5.32 Å². The molecule has 0 radical (unpaired) electrons. The van der Waals surface area contributed by atoms with Crippen LogP contribution in [0, 0.1) is 13.8 Å². The quantitative estimate of drug-likeness (QED) is 0.701. The third-order valence-corrected chi connectivity index (χ3v) is 5.12. The summed E-state index contributed by atoms with van der Waals surface area (Å²) in [5, 5.41) is 3.88. The average Bonchev–Trinajstić information content (AvgIpc) is 2.94. The second-order valence-corrected chi connectivity index (χ2v) is 6.65. The molecular weight excluding hydrogens is 318 g/mol. The lowest BCUT2D eigenvalue weighted by molar-refractivity contribution is -0.113. The largest absolute Gasteiger partial charge is 0.325 e. The van der Waals surface area contributed by atoms with E-state index in [4.69, 9.17) is 0 Å². The summed E-state index contributed by atoms with van der Waals surface area (Å²) in [5.41, 5.74) is 5.24. The molecular formula is C19H21N3OS. The molecule has 0 aliphatic heterocycles. The number of aromatic nitrogens is 2. The first-order chi connectivity index (χ1) is 11.6. The smallest absolute Gasteiger partial charge is 0.234 e. The van der Waals surface area contributed by atoms with Gasteiger partial charge in [-0.1, -0.05) is 36.0 Å². The van der Waals surface area contributed by atoms with Gasteiger partial charge < -0.3 is 9.88 Å². The topological polar surface area (TPSA) is 46.9 Å². The summed E-state index contributed by atoms with van der Waals surface area (Å²) in [7, 11) is 0. The minimum Gasteiger partial charge on any atom is -0.325 e. The van der Waals surface area contributed by atoms with E-state index in [1.807, 2.05) is 50.2 Å². The van der Waals surface area contributed by atoms with Gasteiger partial charge in [0.05, 0.1) is 16.8 Å². The predicted octanol–water partition coefficient (Wildman–Crippen LogP) is 4.40. The van der Waals surface area contributed by atoms with E-state index < -0.39 is 0 Å². The van der Waals surface area contributed by atoms with Crippen molar-refractivity contribution in [1.29, 1.82) is 0 Å². The molecule has 0 saturated heterocycles. The van der Waals surface area contributed by atoms with Gasteiger partial charge in [-0.25, -0.2) is 4.98 Å². The number of rotatable bonds is 5. The van der Waals surface area contributed by atoms with Crippen molar-refractivity contribution in [3.63, 3.8) is 0 Å². The Kier molecular flexibility index (Phi) is 4.90. The van der Waals surface area contributed by atoms with Crippen LogP contribution in [0.2, 0.25) is 0 Å².